The Morgan fingerprint density at radius 1 is 1.16 bits per heavy atom. The number of thioether (sulfide) groups is 1. The summed E-state index contributed by atoms with van der Waals surface area (Å²) in [7, 11) is 0. The number of benzene rings is 1. The monoisotopic (exact) mass is 400 g/mol. The third-order valence-corrected chi connectivity index (χ3v) is 6.04. The van der Waals surface area contributed by atoms with Crippen LogP contribution in [0.4, 0.5) is 18.3 Å². The van der Waals surface area contributed by atoms with Crippen LogP contribution in [0.25, 0.3) is 0 Å². The largest absolute Gasteiger partial charge is 0.434 e. The Morgan fingerprint density at radius 2 is 1.96 bits per heavy atom. The summed E-state index contributed by atoms with van der Waals surface area (Å²) in [6, 6.07) is 11.0. The van der Waals surface area contributed by atoms with Gasteiger partial charge in [-0.2, -0.15) is 13.2 Å². The van der Waals surface area contributed by atoms with E-state index in [1.165, 1.54) is 16.6 Å². The first-order chi connectivity index (χ1) is 11.9. The Labute approximate surface area is 153 Å². The van der Waals surface area contributed by atoms with E-state index in [4.69, 9.17) is 0 Å². The Hall–Kier alpha value is -1.84. The Kier molecular flexibility index (Phi) is 5.45. The minimum absolute atomic E-state index is 0.0737. The van der Waals surface area contributed by atoms with E-state index in [2.05, 4.69) is 10.3 Å². The SMILES string of the molecule is O=C(Nc1nc(C(F)(F)F)cs1)c1ccccc1SCc1cccs1. The van der Waals surface area contributed by atoms with Crippen LogP contribution < -0.4 is 5.32 Å². The van der Waals surface area contributed by atoms with Crippen LogP contribution in [0, 0.1) is 0 Å². The molecule has 0 atom stereocenters. The van der Waals surface area contributed by atoms with Crippen LogP contribution in [0.3, 0.4) is 0 Å². The summed E-state index contributed by atoms with van der Waals surface area (Å²) >= 11 is 3.88. The molecule has 130 valence electrons. The van der Waals surface area contributed by atoms with Crippen molar-refractivity contribution in [1.82, 2.24) is 4.98 Å². The Morgan fingerprint density at radius 3 is 2.64 bits per heavy atom. The van der Waals surface area contributed by atoms with E-state index in [1.807, 2.05) is 29.6 Å². The number of rotatable bonds is 5. The number of amides is 1. The molecule has 1 aromatic carbocycles. The summed E-state index contributed by atoms with van der Waals surface area (Å²) < 4.78 is 37.8. The lowest BCUT2D eigenvalue weighted by atomic mass is 10.2. The van der Waals surface area contributed by atoms with E-state index in [0.717, 1.165) is 27.4 Å². The maximum atomic E-state index is 12.6. The lowest BCUT2D eigenvalue weighted by Gasteiger charge is -2.08. The summed E-state index contributed by atoms with van der Waals surface area (Å²) in [5.74, 6) is 0.245. The lowest BCUT2D eigenvalue weighted by molar-refractivity contribution is -0.140. The summed E-state index contributed by atoms with van der Waals surface area (Å²) in [5.41, 5.74) is -0.596. The molecule has 1 amide bonds. The van der Waals surface area contributed by atoms with Crippen LogP contribution >= 0.6 is 34.4 Å². The molecule has 9 heteroatoms. The van der Waals surface area contributed by atoms with Gasteiger partial charge in [-0.15, -0.1) is 34.4 Å². The van der Waals surface area contributed by atoms with E-state index in [9.17, 15) is 18.0 Å². The van der Waals surface area contributed by atoms with Gasteiger partial charge in [-0.3, -0.25) is 10.1 Å². The van der Waals surface area contributed by atoms with Crippen molar-refractivity contribution in [2.75, 3.05) is 5.32 Å². The van der Waals surface area contributed by atoms with E-state index in [1.54, 1.807) is 23.5 Å². The van der Waals surface area contributed by atoms with Gasteiger partial charge in [0.25, 0.3) is 5.91 Å². The molecule has 2 aromatic heterocycles. The number of thiazole rings is 1. The number of halogens is 3. The van der Waals surface area contributed by atoms with Gasteiger partial charge in [-0.05, 0) is 23.6 Å². The van der Waals surface area contributed by atoms with Crippen LogP contribution in [0.5, 0.6) is 0 Å². The maximum absolute atomic E-state index is 12.6. The minimum atomic E-state index is -4.52. The molecule has 3 rings (SSSR count). The van der Waals surface area contributed by atoms with Gasteiger partial charge in [0.15, 0.2) is 10.8 Å². The molecule has 0 unspecified atom stereocenters. The molecule has 0 fully saturated rings. The first kappa shape index (κ1) is 18.0. The molecule has 25 heavy (non-hydrogen) atoms. The molecule has 0 radical (unpaired) electrons. The fourth-order valence-electron chi connectivity index (χ4n) is 1.95. The number of anilines is 1. The highest BCUT2D eigenvalue weighted by molar-refractivity contribution is 7.98. The molecule has 0 aliphatic rings. The molecule has 1 N–H and O–H groups in total. The normalized spacial score (nSPS) is 11.5. The molecular formula is C16H11F3N2OS3. The molecule has 2 heterocycles. The highest BCUT2D eigenvalue weighted by Gasteiger charge is 2.34. The third-order valence-electron chi connectivity index (χ3n) is 3.10. The van der Waals surface area contributed by atoms with E-state index < -0.39 is 17.8 Å². The minimum Gasteiger partial charge on any atom is -0.298 e. The van der Waals surface area contributed by atoms with Gasteiger partial charge in [-0.1, -0.05) is 18.2 Å². The number of thiophene rings is 1. The van der Waals surface area contributed by atoms with E-state index in [-0.39, 0.29) is 5.13 Å². The van der Waals surface area contributed by atoms with E-state index >= 15 is 0 Å². The number of carbonyl (C=O) groups excluding carboxylic acids is 1. The Bertz CT molecular complexity index is 860. The van der Waals surface area contributed by atoms with E-state index in [0.29, 0.717) is 5.56 Å². The fraction of sp³-hybridized carbons (Fsp3) is 0.125. The standard InChI is InChI=1S/C16H11F3N2OS3/c17-16(18,19)13-9-25-15(20-13)21-14(22)11-5-1-2-6-12(11)24-8-10-4-3-7-23-10/h1-7,9H,8H2,(H,20,21,22). The van der Waals surface area contributed by atoms with Crippen molar-refractivity contribution in [1.29, 1.82) is 0 Å². The number of hydrogen-bond donors (Lipinski definition) is 1. The van der Waals surface area contributed by atoms with Crippen LogP contribution in [0.1, 0.15) is 20.9 Å². The number of carbonyl (C=O) groups is 1. The molecule has 0 spiro atoms. The lowest BCUT2D eigenvalue weighted by Crippen LogP contribution is -2.13. The molecule has 0 saturated carbocycles. The van der Waals surface area contributed by atoms with Crippen molar-refractivity contribution < 1.29 is 18.0 Å². The predicted molar refractivity (Wildman–Crippen MR) is 95.4 cm³/mol. The zero-order valence-electron chi connectivity index (χ0n) is 12.5. The third kappa shape index (κ3) is 4.62. The van der Waals surface area contributed by atoms with Gasteiger partial charge < -0.3 is 0 Å². The van der Waals surface area contributed by atoms with Gasteiger partial charge in [0.1, 0.15) is 0 Å². The molecule has 3 nitrogen and oxygen atoms in total. The van der Waals surface area contributed by atoms with Crippen molar-refractivity contribution in [3.63, 3.8) is 0 Å². The molecule has 0 aliphatic heterocycles. The topological polar surface area (TPSA) is 42.0 Å². The maximum Gasteiger partial charge on any atom is 0.434 e. The Balaban J connectivity index is 1.72. The van der Waals surface area contributed by atoms with Crippen LogP contribution in [0.2, 0.25) is 0 Å². The number of alkyl halides is 3. The van der Waals surface area contributed by atoms with Crippen molar-refractivity contribution in [2.45, 2.75) is 16.8 Å². The first-order valence-electron chi connectivity index (χ1n) is 7.02. The van der Waals surface area contributed by atoms with Gasteiger partial charge in [-0.25, -0.2) is 4.98 Å². The van der Waals surface area contributed by atoms with Crippen molar-refractivity contribution >= 4 is 45.5 Å². The van der Waals surface area contributed by atoms with Crippen LogP contribution in [-0.2, 0) is 11.9 Å². The smallest absolute Gasteiger partial charge is 0.298 e. The van der Waals surface area contributed by atoms with Crippen molar-refractivity contribution in [3.8, 4) is 0 Å². The summed E-state index contributed by atoms with van der Waals surface area (Å²) in [4.78, 5) is 17.8. The number of nitrogens with one attached hydrogen (secondary N) is 1. The molecule has 3 aromatic rings. The molecule has 0 saturated heterocycles. The predicted octanol–water partition coefficient (Wildman–Crippen LogP) is 5.77. The average Bonchev–Trinajstić information content (AvgIpc) is 3.24. The van der Waals surface area contributed by atoms with Gasteiger partial charge in [0.2, 0.25) is 0 Å². The van der Waals surface area contributed by atoms with Crippen molar-refractivity contribution in [3.05, 3.63) is 63.3 Å². The van der Waals surface area contributed by atoms with Crippen molar-refractivity contribution in [2.24, 2.45) is 0 Å². The second-order valence-electron chi connectivity index (χ2n) is 4.85. The second-order valence-corrected chi connectivity index (χ2v) is 7.76. The number of nitrogens with zero attached hydrogens (tertiary/aromatic N) is 1. The van der Waals surface area contributed by atoms with Crippen LogP contribution in [-0.4, -0.2) is 10.9 Å². The fourth-order valence-corrected chi connectivity index (χ4v) is 4.48. The quantitative estimate of drug-likeness (QED) is 0.553. The van der Waals surface area contributed by atoms with Gasteiger partial charge >= 0.3 is 6.18 Å². The highest BCUT2D eigenvalue weighted by atomic mass is 32.2. The zero-order valence-corrected chi connectivity index (χ0v) is 15.0. The molecule has 0 aliphatic carbocycles. The second kappa shape index (κ2) is 7.59. The van der Waals surface area contributed by atoms with Gasteiger partial charge in [0, 0.05) is 20.9 Å². The summed E-state index contributed by atoms with van der Waals surface area (Å²) in [6.07, 6.45) is -4.52. The number of hydrogen-bond acceptors (Lipinski definition) is 5. The molecular weight excluding hydrogens is 389 g/mol. The highest BCUT2D eigenvalue weighted by Crippen LogP contribution is 2.32. The van der Waals surface area contributed by atoms with Crippen LogP contribution in [0.15, 0.2) is 52.1 Å². The average molecular weight is 400 g/mol. The first-order valence-corrected chi connectivity index (χ1v) is 9.76. The molecule has 0 bridgehead atoms. The summed E-state index contributed by atoms with van der Waals surface area (Å²) in [6.45, 7) is 0. The zero-order chi connectivity index (χ0) is 17.9. The van der Waals surface area contributed by atoms with Gasteiger partial charge in [0.05, 0.1) is 5.56 Å². The summed E-state index contributed by atoms with van der Waals surface area (Å²) in [5, 5.41) is 5.23. The number of aromatic nitrogens is 1.